The molecule has 0 radical (unpaired) electrons. The van der Waals surface area contributed by atoms with Crippen molar-refractivity contribution in [3.63, 3.8) is 0 Å². The highest BCUT2D eigenvalue weighted by molar-refractivity contribution is 6.34. The van der Waals surface area contributed by atoms with Crippen molar-refractivity contribution < 1.29 is 9.53 Å². The van der Waals surface area contributed by atoms with Gasteiger partial charge in [-0.05, 0) is 31.4 Å². The molecule has 1 heterocycles. The van der Waals surface area contributed by atoms with Crippen molar-refractivity contribution in [1.29, 1.82) is 0 Å². The Bertz CT molecular complexity index is 436. The molecule has 0 unspecified atom stereocenters. The molecule has 18 heavy (non-hydrogen) atoms. The summed E-state index contributed by atoms with van der Waals surface area (Å²) in [5.74, 6) is -0.193. The number of nitrogens with one attached hydrogen (secondary N) is 1. The summed E-state index contributed by atoms with van der Waals surface area (Å²) in [7, 11) is 0. The van der Waals surface area contributed by atoms with Gasteiger partial charge in [-0.1, -0.05) is 23.7 Å². The summed E-state index contributed by atoms with van der Waals surface area (Å²) in [5, 5.41) is 3.36. The number of halogens is 1. The van der Waals surface area contributed by atoms with Gasteiger partial charge in [-0.2, -0.15) is 0 Å². The Balaban J connectivity index is 2.16. The van der Waals surface area contributed by atoms with E-state index in [1.807, 2.05) is 19.1 Å². The molecular formula is C13H17ClN2O2. The van der Waals surface area contributed by atoms with Gasteiger partial charge in [-0.15, -0.1) is 0 Å². The summed E-state index contributed by atoms with van der Waals surface area (Å²) in [6.07, 6.45) is 1.06. The van der Waals surface area contributed by atoms with E-state index < -0.39 is 5.54 Å². The second kappa shape index (κ2) is 5.26. The van der Waals surface area contributed by atoms with E-state index in [2.05, 4.69) is 5.32 Å². The van der Waals surface area contributed by atoms with Gasteiger partial charge in [0.05, 0.1) is 10.7 Å². The lowest BCUT2D eigenvalue weighted by molar-refractivity contribution is -0.124. The Morgan fingerprint density at radius 1 is 1.44 bits per heavy atom. The molecule has 5 heteroatoms. The number of amides is 1. The summed E-state index contributed by atoms with van der Waals surface area (Å²) < 4.78 is 5.23. The molecule has 4 nitrogen and oxygen atoms in total. The molecule has 2 rings (SSSR count). The largest absolute Gasteiger partial charge is 0.381 e. The molecule has 98 valence electrons. The van der Waals surface area contributed by atoms with Crippen LogP contribution in [0.25, 0.3) is 0 Å². The van der Waals surface area contributed by atoms with Crippen LogP contribution in [-0.4, -0.2) is 24.7 Å². The molecule has 3 N–H and O–H groups in total. The zero-order valence-electron chi connectivity index (χ0n) is 10.3. The Kier molecular flexibility index (Phi) is 3.90. The zero-order valence-corrected chi connectivity index (χ0v) is 11.1. The maximum atomic E-state index is 12.2. The first kappa shape index (κ1) is 13.3. The van der Waals surface area contributed by atoms with Crippen LogP contribution in [0.3, 0.4) is 0 Å². The van der Waals surface area contributed by atoms with Gasteiger partial charge in [0.2, 0.25) is 5.91 Å². The fourth-order valence-electron chi connectivity index (χ4n) is 1.99. The van der Waals surface area contributed by atoms with Gasteiger partial charge in [-0.3, -0.25) is 4.79 Å². The van der Waals surface area contributed by atoms with Gasteiger partial charge in [-0.25, -0.2) is 0 Å². The molecule has 0 saturated carbocycles. The topological polar surface area (TPSA) is 64.4 Å². The van der Waals surface area contributed by atoms with Crippen LogP contribution < -0.4 is 11.1 Å². The van der Waals surface area contributed by atoms with Gasteiger partial charge >= 0.3 is 0 Å². The van der Waals surface area contributed by atoms with Crippen LogP contribution in [0.1, 0.15) is 18.4 Å². The molecule has 0 bridgehead atoms. The van der Waals surface area contributed by atoms with Crippen molar-refractivity contribution in [3.8, 4) is 0 Å². The van der Waals surface area contributed by atoms with E-state index in [0.717, 1.165) is 5.56 Å². The quantitative estimate of drug-likeness (QED) is 0.863. The number of hydrogen-bond donors (Lipinski definition) is 2. The number of carbonyl (C=O) groups excluding carboxylic acids is 1. The average Bonchev–Trinajstić information content (AvgIpc) is 2.34. The highest BCUT2D eigenvalue weighted by Gasteiger charge is 2.36. The van der Waals surface area contributed by atoms with Crippen molar-refractivity contribution in [2.24, 2.45) is 5.73 Å². The fraction of sp³-hybridized carbons (Fsp3) is 0.462. The highest BCUT2D eigenvalue weighted by Crippen LogP contribution is 2.27. The van der Waals surface area contributed by atoms with Gasteiger partial charge < -0.3 is 15.8 Å². The maximum Gasteiger partial charge on any atom is 0.244 e. The number of para-hydroxylation sites is 1. The van der Waals surface area contributed by atoms with Crippen molar-refractivity contribution in [2.75, 3.05) is 18.5 Å². The Morgan fingerprint density at radius 2 is 2.11 bits per heavy atom. The normalized spacial score (nSPS) is 18.4. The summed E-state index contributed by atoms with van der Waals surface area (Å²) in [6.45, 7) is 2.94. The van der Waals surface area contributed by atoms with Crippen LogP contribution in [0.4, 0.5) is 5.69 Å². The number of anilines is 1. The number of ether oxygens (including phenoxy) is 1. The molecule has 0 aromatic heterocycles. The number of nitrogens with two attached hydrogens (primary N) is 1. The molecule has 1 saturated heterocycles. The van der Waals surface area contributed by atoms with Crippen LogP contribution in [0.15, 0.2) is 18.2 Å². The summed E-state index contributed by atoms with van der Waals surface area (Å²) >= 11 is 6.08. The van der Waals surface area contributed by atoms with Crippen molar-refractivity contribution in [1.82, 2.24) is 0 Å². The fourth-order valence-corrected chi connectivity index (χ4v) is 2.26. The summed E-state index contributed by atoms with van der Waals surface area (Å²) in [4.78, 5) is 12.2. The van der Waals surface area contributed by atoms with E-state index in [1.165, 1.54) is 0 Å². The predicted molar refractivity (Wildman–Crippen MR) is 71.8 cm³/mol. The lowest BCUT2D eigenvalue weighted by atomic mass is 9.90. The summed E-state index contributed by atoms with van der Waals surface area (Å²) in [5.41, 5.74) is 6.82. The van der Waals surface area contributed by atoms with Crippen LogP contribution in [-0.2, 0) is 9.53 Å². The molecular weight excluding hydrogens is 252 g/mol. The molecule has 1 aromatic carbocycles. The molecule has 1 aromatic rings. The number of rotatable bonds is 2. The van der Waals surface area contributed by atoms with Gasteiger partial charge in [0, 0.05) is 13.2 Å². The minimum Gasteiger partial charge on any atom is -0.381 e. The van der Waals surface area contributed by atoms with E-state index in [9.17, 15) is 4.79 Å². The van der Waals surface area contributed by atoms with Gasteiger partial charge in [0.1, 0.15) is 5.54 Å². The minimum absolute atomic E-state index is 0.193. The predicted octanol–water partition coefficient (Wildman–Crippen LogP) is 2.09. The highest BCUT2D eigenvalue weighted by atomic mass is 35.5. The first-order valence-electron chi connectivity index (χ1n) is 5.96. The smallest absolute Gasteiger partial charge is 0.244 e. The molecule has 1 amide bonds. The third kappa shape index (κ3) is 2.66. The van der Waals surface area contributed by atoms with Crippen molar-refractivity contribution in [3.05, 3.63) is 28.8 Å². The second-order valence-corrected chi connectivity index (χ2v) is 5.06. The van der Waals surface area contributed by atoms with E-state index in [4.69, 9.17) is 22.1 Å². The van der Waals surface area contributed by atoms with Crippen LogP contribution in [0.2, 0.25) is 5.02 Å². The Labute approximate surface area is 111 Å². The van der Waals surface area contributed by atoms with E-state index >= 15 is 0 Å². The minimum atomic E-state index is -0.857. The molecule has 0 spiro atoms. The standard InChI is InChI=1S/C13H17ClN2O2/c1-9-3-2-4-10(14)11(9)16-12(17)13(15)5-7-18-8-6-13/h2-4H,5-8,15H2,1H3,(H,16,17). The molecule has 0 atom stereocenters. The first-order valence-corrected chi connectivity index (χ1v) is 6.34. The third-order valence-electron chi connectivity index (χ3n) is 3.30. The van der Waals surface area contributed by atoms with Gasteiger partial charge in [0.25, 0.3) is 0 Å². The molecule has 1 aliphatic rings. The lowest BCUT2D eigenvalue weighted by Gasteiger charge is -2.32. The molecule has 1 aliphatic heterocycles. The SMILES string of the molecule is Cc1cccc(Cl)c1NC(=O)C1(N)CCOCC1. The van der Waals surface area contributed by atoms with E-state index in [0.29, 0.717) is 36.8 Å². The average molecular weight is 269 g/mol. The molecule has 1 fully saturated rings. The van der Waals surface area contributed by atoms with E-state index in [-0.39, 0.29) is 5.91 Å². The first-order chi connectivity index (χ1) is 8.53. The Morgan fingerprint density at radius 3 is 2.72 bits per heavy atom. The Hall–Kier alpha value is -1.10. The maximum absolute atomic E-state index is 12.2. The number of carbonyl (C=O) groups is 1. The summed E-state index contributed by atoms with van der Waals surface area (Å²) in [6, 6.07) is 5.49. The van der Waals surface area contributed by atoms with Gasteiger partial charge in [0.15, 0.2) is 0 Å². The van der Waals surface area contributed by atoms with Crippen LogP contribution in [0, 0.1) is 6.92 Å². The van der Waals surface area contributed by atoms with Crippen LogP contribution >= 0.6 is 11.6 Å². The number of aryl methyl sites for hydroxylation is 1. The van der Waals surface area contributed by atoms with E-state index in [1.54, 1.807) is 6.07 Å². The lowest BCUT2D eigenvalue weighted by Crippen LogP contribution is -2.54. The van der Waals surface area contributed by atoms with Crippen molar-refractivity contribution >= 4 is 23.2 Å². The van der Waals surface area contributed by atoms with Crippen molar-refractivity contribution in [2.45, 2.75) is 25.3 Å². The van der Waals surface area contributed by atoms with Crippen LogP contribution in [0.5, 0.6) is 0 Å². The molecule has 0 aliphatic carbocycles. The third-order valence-corrected chi connectivity index (χ3v) is 3.61. The second-order valence-electron chi connectivity index (χ2n) is 4.65. The zero-order chi connectivity index (χ0) is 13.2. The monoisotopic (exact) mass is 268 g/mol. The number of benzene rings is 1. The number of hydrogen-bond acceptors (Lipinski definition) is 3.